The van der Waals surface area contributed by atoms with E-state index in [9.17, 15) is 5.11 Å². The topological polar surface area (TPSA) is 23.5 Å². The highest BCUT2D eigenvalue weighted by Crippen LogP contribution is 2.21. The summed E-state index contributed by atoms with van der Waals surface area (Å²) in [6.07, 6.45) is 0.950. The maximum atomic E-state index is 9.80. The van der Waals surface area contributed by atoms with Gasteiger partial charge in [-0.2, -0.15) is 0 Å². The van der Waals surface area contributed by atoms with E-state index >= 15 is 0 Å². The van der Waals surface area contributed by atoms with Crippen LogP contribution in [0.5, 0.6) is 0 Å². The molecule has 1 fully saturated rings. The number of β-amino-alcohol motifs (C(OH)–C–C–N with tert-alkyl or cyclic N) is 1. The molecule has 1 aliphatic rings. The fraction of sp³-hybridized carbons (Fsp3) is 0.538. The van der Waals surface area contributed by atoms with Crippen molar-refractivity contribution in [3.63, 3.8) is 0 Å². The molecule has 0 unspecified atom stereocenters. The average Bonchev–Trinajstić information content (AvgIpc) is 2.60. The van der Waals surface area contributed by atoms with Crippen LogP contribution in [0.4, 0.5) is 0 Å². The summed E-state index contributed by atoms with van der Waals surface area (Å²) in [4.78, 5) is 2.34. The molecule has 0 amide bonds. The third-order valence-corrected chi connectivity index (χ3v) is 3.26. The van der Waals surface area contributed by atoms with Crippen LogP contribution in [0.3, 0.4) is 0 Å². The van der Waals surface area contributed by atoms with Gasteiger partial charge in [0, 0.05) is 19.6 Å². The molecule has 2 nitrogen and oxygen atoms in total. The zero-order chi connectivity index (χ0) is 10.7. The molecule has 82 valence electrons. The fourth-order valence-electron chi connectivity index (χ4n) is 2.31. The number of aliphatic hydroxyl groups excluding tert-OH is 1. The van der Waals surface area contributed by atoms with Crippen molar-refractivity contribution in [2.45, 2.75) is 26.0 Å². The summed E-state index contributed by atoms with van der Waals surface area (Å²) in [6.45, 7) is 4.98. The highest BCUT2D eigenvalue weighted by atomic mass is 16.3. The number of nitrogens with zero attached hydrogens (tertiary/aromatic N) is 1. The number of likely N-dealkylation sites (tertiary alicyclic amines) is 1. The third-order valence-electron chi connectivity index (χ3n) is 3.26. The van der Waals surface area contributed by atoms with E-state index in [0.717, 1.165) is 26.1 Å². The predicted molar refractivity (Wildman–Crippen MR) is 61.5 cm³/mol. The molecule has 15 heavy (non-hydrogen) atoms. The van der Waals surface area contributed by atoms with E-state index in [1.165, 1.54) is 5.56 Å². The van der Waals surface area contributed by atoms with Crippen molar-refractivity contribution in [1.29, 1.82) is 0 Å². The van der Waals surface area contributed by atoms with Crippen molar-refractivity contribution < 1.29 is 5.11 Å². The van der Waals surface area contributed by atoms with Crippen LogP contribution in [0, 0.1) is 5.92 Å². The number of benzene rings is 1. The van der Waals surface area contributed by atoms with E-state index in [1.807, 2.05) is 6.07 Å². The van der Waals surface area contributed by atoms with E-state index in [2.05, 4.69) is 36.1 Å². The van der Waals surface area contributed by atoms with Crippen LogP contribution in [0.2, 0.25) is 0 Å². The van der Waals surface area contributed by atoms with Gasteiger partial charge in [0.1, 0.15) is 0 Å². The van der Waals surface area contributed by atoms with Gasteiger partial charge < -0.3 is 5.11 Å². The summed E-state index contributed by atoms with van der Waals surface area (Å²) >= 11 is 0. The smallest absolute Gasteiger partial charge is 0.0707 e. The monoisotopic (exact) mass is 205 g/mol. The van der Waals surface area contributed by atoms with Crippen molar-refractivity contribution in [2.24, 2.45) is 5.92 Å². The fourth-order valence-corrected chi connectivity index (χ4v) is 2.31. The maximum absolute atomic E-state index is 9.80. The molecule has 1 N–H and O–H groups in total. The van der Waals surface area contributed by atoms with Gasteiger partial charge in [0.15, 0.2) is 0 Å². The second-order valence-electron chi connectivity index (χ2n) is 4.42. The molecule has 1 aromatic carbocycles. The van der Waals surface area contributed by atoms with Crippen LogP contribution in [0.1, 0.15) is 18.9 Å². The Bertz CT molecular complexity index is 299. The van der Waals surface area contributed by atoms with Crippen LogP contribution in [0.15, 0.2) is 30.3 Å². The highest BCUT2D eigenvalue weighted by Gasteiger charge is 2.29. The molecule has 1 heterocycles. The Morgan fingerprint density at radius 3 is 2.60 bits per heavy atom. The maximum Gasteiger partial charge on any atom is 0.0707 e. The largest absolute Gasteiger partial charge is 0.391 e. The Hall–Kier alpha value is -0.860. The van der Waals surface area contributed by atoms with E-state index in [1.54, 1.807) is 0 Å². The standard InChI is InChI=1S/C13H19NO/c1-2-12-9-14(10-13(12)15)8-11-6-4-3-5-7-11/h3-7,12-13,15H,2,8-10H2,1H3/t12-,13-/m1/s1. The second-order valence-corrected chi connectivity index (χ2v) is 4.42. The van der Waals surface area contributed by atoms with Crippen molar-refractivity contribution in [2.75, 3.05) is 13.1 Å². The first kappa shape index (κ1) is 10.7. The third kappa shape index (κ3) is 2.58. The molecule has 2 heteroatoms. The summed E-state index contributed by atoms with van der Waals surface area (Å²) in [7, 11) is 0. The first-order valence-electron chi connectivity index (χ1n) is 5.74. The van der Waals surface area contributed by atoms with E-state index in [0.29, 0.717) is 5.92 Å². The second kappa shape index (κ2) is 4.77. The van der Waals surface area contributed by atoms with Crippen LogP contribution < -0.4 is 0 Å². The minimum absolute atomic E-state index is 0.126. The molecule has 1 aliphatic heterocycles. The van der Waals surface area contributed by atoms with Crippen molar-refractivity contribution >= 4 is 0 Å². The molecule has 0 bridgehead atoms. The Morgan fingerprint density at radius 1 is 1.27 bits per heavy atom. The summed E-state index contributed by atoms with van der Waals surface area (Å²) < 4.78 is 0. The Kier molecular flexibility index (Phi) is 3.39. The van der Waals surface area contributed by atoms with Gasteiger partial charge in [-0.15, -0.1) is 0 Å². The van der Waals surface area contributed by atoms with Gasteiger partial charge in [-0.3, -0.25) is 4.90 Å². The molecule has 0 radical (unpaired) electrons. The summed E-state index contributed by atoms with van der Waals surface area (Å²) in [5.41, 5.74) is 1.33. The number of aliphatic hydroxyl groups is 1. The van der Waals surface area contributed by atoms with Crippen molar-refractivity contribution in [1.82, 2.24) is 4.90 Å². The average molecular weight is 205 g/mol. The minimum atomic E-state index is -0.126. The lowest BCUT2D eigenvalue weighted by molar-refractivity contribution is 0.139. The van der Waals surface area contributed by atoms with Crippen LogP contribution >= 0.6 is 0 Å². The van der Waals surface area contributed by atoms with Gasteiger partial charge in [-0.05, 0) is 17.9 Å². The summed E-state index contributed by atoms with van der Waals surface area (Å²) in [5, 5.41) is 9.80. The first-order chi connectivity index (χ1) is 7.29. The lowest BCUT2D eigenvalue weighted by Gasteiger charge is -2.14. The Labute approximate surface area is 91.5 Å². The van der Waals surface area contributed by atoms with Gasteiger partial charge in [0.25, 0.3) is 0 Å². The lowest BCUT2D eigenvalue weighted by atomic mass is 10.0. The highest BCUT2D eigenvalue weighted by molar-refractivity contribution is 5.14. The SMILES string of the molecule is CC[C@@H]1CN(Cc2ccccc2)C[C@H]1O. The van der Waals surface area contributed by atoms with Crippen molar-refractivity contribution in [3.05, 3.63) is 35.9 Å². The lowest BCUT2D eigenvalue weighted by Crippen LogP contribution is -2.21. The Morgan fingerprint density at radius 2 is 2.00 bits per heavy atom. The van der Waals surface area contributed by atoms with Crippen LogP contribution in [-0.4, -0.2) is 29.2 Å². The normalized spacial score (nSPS) is 27.1. The molecule has 1 aromatic rings. The summed E-state index contributed by atoms with van der Waals surface area (Å²) in [5.74, 6) is 0.466. The minimum Gasteiger partial charge on any atom is -0.391 e. The predicted octanol–water partition coefficient (Wildman–Crippen LogP) is 1.89. The zero-order valence-electron chi connectivity index (χ0n) is 9.26. The molecule has 0 saturated carbocycles. The van der Waals surface area contributed by atoms with Crippen LogP contribution in [0.25, 0.3) is 0 Å². The number of rotatable bonds is 3. The number of hydrogen-bond donors (Lipinski definition) is 1. The van der Waals surface area contributed by atoms with Crippen LogP contribution in [-0.2, 0) is 6.54 Å². The summed E-state index contributed by atoms with van der Waals surface area (Å²) in [6, 6.07) is 10.5. The molecule has 0 spiro atoms. The Balaban J connectivity index is 1.92. The molecule has 0 aromatic heterocycles. The van der Waals surface area contributed by atoms with E-state index < -0.39 is 0 Å². The first-order valence-corrected chi connectivity index (χ1v) is 5.74. The molecule has 2 atom stereocenters. The molecule has 0 aliphatic carbocycles. The van der Waals surface area contributed by atoms with Crippen molar-refractivity contribution in [3.8, 4) is 0 Å². The molecular formula is C13H19NO. The van der Waals surface area contributed by atoms with E-state index in [4.69, 9.17) is 0 Å². The van der Waals surface area contributed by atoms with E-state index in [-0.39, 0.29) is 6.10 Å². The molecular weight excluding hydrogens is 186 g/mol. The van der Waals surface area contributed by atoms with Gasteiger partial charge >= 0.3 is 0 Å². The molecule has 2 rings (SSSR count). The van der Waals surface area contributed by atoms with Gasteiger partial charge in [-0.1, -0.05) is 37.3 Å². The quantitative estimate of drug-likeness (QED) is 0.814. The van der Waals surface area contributed by atoms with Gasteiger partial charge in [-0.25, -0.2) is 0 Å². The van der Waals surface area contributed by atoms with Gasteiger partial charge in [0.05, 0.1) is 6.10 Å². The van der Waals surface area contributed by atoms with Gasteiger partial charge in [0.2, 0.25) is 0 Å². The zero-order valence-corrected chi connectivity index (χ0v) is 9.26. The number of hydrogen-bond acceptors (Lipinski definition) is 2. The molecule has 1 saturated heterocycles.